The van der Waals surface area contributed by atoms with Crippen LogP contribution in [-0.2, 0) is 0 Å². The number of carbonyl (C=O) groups is 2. The molecule has 0 fully saturated rings. The number of rotatable bonds is 4. The highest BCUT2D eigenvalue weighted by Gasteiger charge is 2.18. The van der Waals surface area contributed by atoms with Crippen LogP contribution in [0.3, 0.4) is 0 Å². The Labute approximate surface area is 184 Å². The van der Waals surface area contributed by atoms with Gasteiger partial charge in [-0.2, -0.15) is 0 Å². The summed E-state index contributed by atoms with van der Waals surface area (Å²) in [6, 6.07) is 13.7. The third-order valence-electron chi connectivity index (χ3n) is 3.85. The van der Waals surface area contributed by atoms with Crippen molar-refractivity contribution in [2.45, 2.75) is 0 Å². The van der Waals surface area contributed by atoms with Gasteiger partial charge in [-0.25, -0.2) is 0 Å². The zero-order valence-corrected chi connectivity index (χ0v) is 17.8. The molecule has 3 aromatic rings. The molecule has 0 heterocycles. The molecule has 1 amide bonds. The van der Waals surface area contributed by atoms with Crippen LogP contribution in [0.25, 0.3) is 0 Å². The van der Waals surface area contributed by atoms with Crippen LogP contribution >= 0.6 is 50.7 Å². The molecule has 3 aromatic carbocycles. The lowest BCUT2D eigenvalue weighted by atomic mass is 10.0. The Morgan fingerprint density at radius 2 is 1.54 bits per heavy atom. The molecule has 0 aromatic heterocycles. The average Bonchev–Trinajstić information content (AvgIpc) is 2.66. The Morgan fingerprint density at radius 3 is 2.21 bits per heavy atom. The number of ketones is 1. The highest BCUT2D eigenvalue weighted by atomic mass is 79.9. The fraction of sp³-hybridized carbons (Fsp3) is 0. The Morgan fingerprint density at radius 1 is 0.857 bits per heavy atom. The number of phenols is 1. The van der Waals surface area contributed by atoms with Crippen molar-refractivity contribution >= 4 is 68.1 Å². The molecule has 28 heavy (non-hydrogen) atoms. The molecular weight excluding hydrogens is 488 g/mol. The first kappa shape index (κ1) is 20.7. The van der Waals surface area contributed by atoms with Crippen molar-refractivity contribution in [2.24, 2.45) is 0 Å². The molecule has 0 aliphatic heterocycles. The lowest BCUT2D eigenvalue weighted by Gasteiger charge is -2.11. The van der Waals surface area contributed by atoms with Gasteiger partial charge in [-0.15, -0.1) is 0 Å². The first-order valence-corrected chi connectivity index (χ1v) is 9.78. The average molecular weight is 500 g/mol. The van der Waals surface area contributed by atoms with E-state index in [0.717, 1.165) is 0 Å². The zero-order valence-electron chi connectivity index (χ0n) is 14.0. The van der Waals surface area contributed by atoms with Crippen LogP contribution in [0.1, 0.15) is 26.3 Å². The van der Waals surface area contributed by atoms with Gasteiger partial charge in [-0.3, -0.25) is 9.59 Å². The van der Waals surface area contributed by atoms with E-state index < -0.39 is 5.91 Å². The van der Waals surface area contributed by atoms with E-state index in [9.17, 15) is 14.7 Å². The van der Waals surface area contributed by atoms with Gasteiger partial charge in [0.2, 0.25) is 0 Å². The quantitative estimate of drug-likeness (QED) is 0.398. The van der Waals surface area contributed by atoms with Crippen LogP contribution in [-0.4, -0.2) is 16.8 Å². The third-order valence-corrected chi connectivity index (χ3v) is 5.25. The zero-order chi connectivity index (χ0) is 20.4. The number of benzene rings is 3. The number of nitrogens with one attached hydrogen (secondary N) is 1. The maximum Gasteiger partial charge on any atom is 0.259 e. The molecule has 8 heteroatoms. The van der Waals surface area contributed by atoms with Crippen molar-refractivity contribution < 1.29 is 14.7 Å². The summed E-state index contributed by atoms with van der Waals surface area (Å²) in [5.74, 6) is -1.15. The Bertz CT molecular complexity index is 1080. The molecule has 0 aliphatic rings. The van der Waals surface area contributed by atoms with Crippen molar-refractivity contribution in [3.05, 3.63) is 90.8 Å². The summed E-state index contributed by atoms with van der Waals surface area (Å²) in [5.41, 5.74) is 0.951. The second-order valence-corrected chi connectivity index (χ2v) is 7.90. The van der Waals surface area contributed by atoms with Gasteiger partial charge in [0.05, 0.1) is 15.1 Å². The molecule has 3 rings (SSSR count). The van der Waals surface area contributed by atoms with Crippen molar-refractivity contribution in [1.29, 1.82) is 0 Å². The summed E-state index contributed by atoms with van der Waals surface area (Å²) in [6.45, 7) is 0. The van der Waals surface area contributed by atoms with Crippen LogP contribution in [0.5, 0.6) is 5.75 Å². The second kappa shape index (κ2) is 8.53. The van der Waals surface area contributed by atoms with Crippen LogP contribution in [0.15, 0.2) is 59.1 Å². The van der Waals surface area contributed by atoms with Crippen LogP contribution < -0.4 is 5.32 Å². The maximum atomic E-state index is 12.7. The fourth-order valence-electron chi connectivity index (χ4n) is 2.47. The van der Waals surface area contributed by atoms with E-state index in [0.29, 0.717) is 20.7 Å². The third kappa shape index (κ3) is 4.50. The predicted molar refractivity (Wildman–Crippen MR) is 115 cm³/mol. The lowest BCUT2D eigenvalue weighted by Crippen LogP contribution is -2.13. The van der Waals surface area contributed by atoms with Gasteiger partial charge in [-0.05, 0) is 70.5 Å². The molecule has 0 unspecified atom stereocenters. The van der Waals surface area contributed by atoms with Gasteiger partial charge in [0.15, 0.2) is 5.78 Å². The Kier molecular flexibility index (Phi) is 6.30. The molecule has 4 nitrogen and oxygen atoms in total. The molecule has 2 N–H and O–H groups in total. The summed E-state index contributed by atoms with van der Waals surface area (Å²) in [7, 11) is 0. The van der Waals surface area contributed by atoms with Gasteiger partial charge in [0.1, 0.15) is 5.75 Å². The van der Waals surface area contributed by atoms with Crippen molar-refractivity contribution in [2.75, 3.05) is 5.32 Å². The van der Waals surface area contributed by atoms with Crippen LogP contribution in [0.2, 0.25) is 15.1 Å². The molecular formula is C20H11BrCl3NO3. The molecule has 0 saturated carbocycles. The SMILES string of the molecule is O=C(c1ccc(Cl)cc1)c1cc(NC(=O)c2cc(Cl)cc(Br)c2O)ccc1Cl. The van der Waals surface area contributed by atoms with E-state index in [2.05, 4.69) is 21.2 Å². The normalized spacial score (nSPS) is 10.6. The molecule has 0 saturated heterocycles. The van der Waals surface area contributed by atoms with E-state index in [1.54, 1.807) is 30.3 Å². The van der Waals surface area contributed by atoms with Crippen LogP contribution in [0, 0.1) is 0 Å². The molecule has 0 bridgehead atoms. The molecule has 0 atom stereocenters. The topological polar surface area (TPSA) is 66.4 Å². The summed E-state index contributed by atoms with van der Waals surface area (Å²) in [5, 5.41) is 13.7. The Hall–Kier alpha value is -2.05. The number of phenolic OH excluding ortho intramolecular Hbond substituents is 1. The van der Waals surface area contributed by atoms with E-state index in [4.69, 9.17) is 34.8 Å². The van der Waals surface area contributed by atoms with Crippen molar-refractivity contribution in [1.82, 2.24) is 0 Å². The van der Waals surface area contributed by atoms with E-state index >= 15 is 0 Å². The predicted octanol–water partition coefficient (Wildman–Crippen LogP) is 6.60. The van der Waals surface area contributed by atoms with Gasteiger partial charge in [-0.1, -0.05) is 34.8 Å². The molecule has 0 aliphatic carbocycles. The summed E-state index contributed by atoms with van der Waals surface area (Å²) in [4.78, 5) is 25.3. The number of anilines is 1. The number of carbonyl (C=O) groups excluding carboxylic acids is 2. The molecule has 0 spiro atoms. The minimum Gasteiger partial charge on any atom is -0.506 e. The first-order valence-electron chi connectivity index (χ1n) is 7.85. The van der Waals surface area contributed by atoms with Crippen molar-refractivity contribution in [3.8, 4) is 5.75 Å². The minimum atomic E-state index is -0.590. The van der Waals surface area contributed by atoms with Crippen LogP contribution in [0.4, 0.5) is 5.69 Å². The summed E-state index contributed by atoms with van der Waals surface area (Å²) < 4.78 is 0.292. The monoisotopic (exact) mass is 497 g/mol. The first-order chi connectivity index (χ1) is 13.3. The Balaban J connectivity index is 1.90. The lowest BCUT2D eigenvalue weighted by molar-refractivity contribution is 0.101. The second-order valence-electron chi connectivity index (χ2n) is 5.77. The van der Waals surface area contributed by atoms with E-state index in [1.165, 1.54) is 24.3 Å². The van der Waals surface area contributed by atoms with Gasteiger partial charge in [0.25, 0.3) is 5.91 Å². The highest BCUT2D eigenvalue weighted by molar-refractivity contribution is 9.10. The van der Waals surface area contributed by atoms with E-state index in [-0.39, 0.29) is 32.7 Å². The largest absolute Gasteiger partial charge is 0.506 e. The minimum absolute atomic E-state index is 0.0140. The maximum absolute atomic E-state index is 12.7. The summed E-state index contributed by atoms with van der Waals surface area (Å²) in [6.07, 6.45) is 0. The van der Waals surface area contributed by atoms with Crippen molar-refractivity contribution in [3.63, 3.8) is 0 Å². The number of aromatic hydroxyl groups is 1. The van der Waals surface area contributed by atoms with E-state index in [1.807, 2.05) is 0 Å². The highest BCUT2D eigenvalue weighted by Crippen LogP contribution is 2.32. The van der Waals surface area contributed by atoms with Gasteiger partial charge >= 0.3 is 0 Å². The number of hydrogen-bond acceptors (Lipinski definition) is 3. The molecule has 0 radical (unpaired) electrons. The number of halogens is 4. The number of amides is 1. The molecule has 142 valence electrons. The van der Waals surface area contributed by atoms with Gasteiger partial charge in [0, 0.05) is 26.9 Å². The fourth-order valence-corrected chi connectivity index (χ4v) is 3.61. The smallest absolute Gasteiger partial charge is 0.259 e. The number of hydrogen-bond donors (Lipinski definition) is 2. The summed E-state index contributed by atoms with van der Waals surface area (Å²) >= 11 is 21.1. The standard InChI is InChI=1S/C20H11BrCl3NO3/c21-16-8-12(23)7-15(19(16)27)20(28)25-13-5-6-17(24)14(9-13)18(26)10-1-3-11(22)4-2-10/h1-9,27H,(H,25,28). The van der Waals surface area contributed by atoms with Gasteiger partial charge < -0.3 is 10.4 Å².